The van der Waals surface area contributed by atoms with E-state index in [2.05, 4.69) is 0 Å². The summed E-state index contributed by atoms with van der Waals surface area (Å²) >= 11 is 5.42. The van der Waals surface area contributed by atoms with Crippen molar-refractivity contribution < 1.29 is 14.4 Å². The van der Waals surface area contributed by atoms with Crippen LogP contribution >= 0.6 is 11.6 Å². The molecule has 4 nitrogen and oxygen atoms in total. The third-order valence-electron chi connectivity index (χ3n) is 3.35. The van der Waals surface area contributed by atoms with Gasteiger partial charge in [-0.25, -0.2) is 0 Å². The van der Waals surface area contributed by atoms with E-state index in [0.29, 0.717) is 5.56 Å². The minimum absolute atomic E-state index is 0.0333. The van der Waals surface area contributed by atoms with Crippen LogP contribution in [0.25, 0.3) is 0 Å². The predicted octanol–water partition coefficient (Wildman–Crippen LogP) is 2.42. The van der Waals surface area contributed by atoms with Crippen molar-refractivity contribution in [2.24, 2.45) is 0 Å². The second-order valence-corrected chi connectivity index (χ2v) is 4.77. The van der Waals surface area contributed by atoms with Gasteiger partial charge in [-0.3, -0.25) is 14.4 Å². The maximum Gasteiger partial charge on any atom is 0.254 e. The fourth-order valence-electron chi connectivity index (χ4n) is 2.38. The number of carbonyl (C=O) groups excluding carboxylic acids is 3. The number of halogens is 1. The minimum atomic E-state index is -0.760. The van der Waals surface area contributed by atoms with E-state index in [9.17, 15) is 14.4 Å². The zero-order chi connectivity index (χ0) is 14.4. The average molecular weight is 286 g/mol. The normalized spacial score (nSPS) is 12.8. The highest BCUT2D eigenvalue weighted by Crippen LogP contribution is 2.32. The quantitative estimate of drug-likeness (QED) is 0.550. The fraction of sp³-hybridized carbons (Fsp3) is 0. The molecular weight excluding hydrogens is 278 g/mol. The summed E-state index contributed by atoms with van der Waals surface area (Å²) in [5, 5.41) is -0.760. The minimum Gasteiger partial charge on any atom is -0.397 e. The van der Waals surface area contributed by atoms with Crippen LogP contribution in [0.3, 0.4) is 0 Å². The molecule has 1 aliphatic carbocycles. The van der Waals surface area contributed by atoms with E-state index >= 15 is 0 Å². The van der Waals surface area contributed by atoms with E-state index in [0.717, 1.165) is 0 Å². The third-order valence-corrected chi connectivity index (χ3v) is 3.55. The molecule has 3 rings (SSSR count). The summed E-state index contributed by atoms with van der Waals surface area (Å²) in [6.45, 7) is 0. The molecule has 2 N–H and O–H groups in total. The topological polar surface area (TPSA) is 77.2 Å². The van der Waals surface area contributed by atoms with Crippen molar-refractivity contribution in [2.45, 2.75) is 0 Å². The first kappa shape index (κ1) is 12.6. The molecule has 0 unspecified atom stereocenters. The zero-order valence-electron chi connectivity index (χ0n) is 10.1. The van der Waals surface area contributed by atoms with Crippen LogP contribution in [-0.4, -0.2) is 16.8 Å². The Labute approximate surface area is 119 Å². The van der Waals surface area contributed by atoms with Crippen LogP contribution in [0.15, 0.2) is 36.4 Å². The number of hydrogen-bond acceptors (Lipinski definition) is 4. The monoisotopic (exact) mass is 285 g/mol. The molecule has 1 aliphatic rings. The number of anilines is 1. The lowest BCUT2D eigenvalue weighted by Gasteiger charge is -2.19. The molecule has 20 heavy (non-hydrogen) atoms. The number of ketones is 2. The highest BCUT2D eigenvalue weighted by atomic mass is 35.5. The van der Waals surface area contributed by atoms with Gasteiger partial charge in [-0.2, -0.15) is 0 Å². The van der Waals surface area contributed by atoms with E-state index in [1.165, 1.54) is 12.1 Å². The SMILES string of the molecule is Nc1c(C(=O)Cl)ccc2c1C(=O)c1ccccc1C2=O. The van der Waals surface area contributed by atoms with Gasteiger partial charge < -0.3 is 5.73 Å². The van der Waals surface area contributed by atoms with Crippen molar-refractivity contribution in [3.63, 3.8) is 0 Å². The van der Waals surface area contributed by atoms with Crippen LogP contribution < -0.4 is 5.73 Å². The number of rotatable bonds is 1. The molecule has 0 radical (unpaired) electrons. The Morgan fingerprint density at radius 1 is 0.900 bits per heavy atom. The summed E-state index contributed by atoms with van der Waals surface area (Å²) in [6, 6.07) is 9.29. The van der Waals surface area contributed by atoms with Crippen LogP contribution in [-0.2, 0) is 0 Å². The summed E-state index contributed by atoms with van der Waals surface area (Å²) in [5.41, 5.74) is 6.71. The molecule has 2 aromatic carbocycles. The number of nitrogens with two attached hydrogens (primary N) is 1. The van der Waals surface area contributed by atoms with Gasteiger partial charge >= 0.3 is 0 Å². The summed E-state index contributed by atoms with van der Waals surface area (Å²) in [4.78, 5) is 36.1. The van der Waals surface area contributed by atoms with Crippen LogP contribution in [0.2, 0.25) is 0 Å². The summed E-state index contributed by atoms with van der Waals surface area (Å²) in [6.07, 6.45) is 0. The maximum absolute atomic E-state index is 12.5. The van der Waals surface area contributed by atoms with Gasteiger partial charge in [-0.1, -0.05) is 24.3 Å². The number of hydrogen-bond donors (Lipinski definition) is 1. The predicted molar refractivity (Wildman–Crippen MR) is 74.3 cm³/mol. The molecule has 0 fully saturated rings. The largest absolute Gasteiger partial charge is 0.397 e. The lowest BCUT2D eigenvalue weighted by molar-refractivity contribution is 0.0979. The van der Waals surface area contributed by atoms with Gasteiger partial charge in [0.15, 0.2) is 11.6 Å². The maximum atomic E-state index is 12.5. The molecule has 2 aromatic rings. The molecule has 0 saturated heterocycles. The standard InChI is InChI=1S/C15H8ClNO3/c16-15(20)10-6-5-9-11(12(10)17)14(19)8-4-2-1-3-7(8)13(9)18/h1-6H,17H2. The van der Waals surface area contributed by atoms with Crippen LogP contribution in [0.1, 0.15) is 42.2 Å². The van der Waals surface area contributed by atoms with Crippen molar-refractivity contribution in [3.05, 3.63) is 64.2 Å². The van der Waals surface area contributed by atoms with Gasteiger partial charge in [-0.15, -0.1) is 0 Å². The van der Waals surface area contributed by atoms with Gasteiger partial charge in [0, 0.05) is 16.7 Å². The number of carbonyl (C=O) groups is 3. The second kappa shape index (κ2) is 4.28. The smallest absolute Gasteiger partial charge is 0.254 e. The molecule has 0 aliphatic heterocycles. The van der Waals surface area contributed by atoms with Crippen LogP contribution in [0, 0.1) is 0 Å². The Balaban J connectivity index is 2.34. The lowest BCUT2D eigenvalue weighted by atomic mass is 9.82. The first-order chi connectivity index (χ1) is 9.52. The van der Waals surface area contributed by atoms with E-state index in [4.69, 9.17) is 17.3 Å². The average Bonchev–Trinajstić information content (AvgIpc) is 2.44. The molecule has 0 atom stereocenters. The van der Waals surface area contributed by atoms with Crippen LogP contribution in [0.5, 0.6) is 0 Å². The first-order valence-corrected chi connectivity index (χ1v) is 6.21. The van der Waals surface area contributed by atoms with Crippen molar-refractivity contribution >= 4 is 34.1 Å². The van der Waals surface area contributed by atoms with Crippen LogP contribution in [0.4, 0.5) is 5.69 Å². The molecule has 0 heterocycles. The van der Waals surface area contributed by atoms with E-state index < -0.39 is 5.24 Å². The zero-order valence-corrected chi connectivity index (χ0v) is 10.9. The first-order valence-electron chi connectivity index (χ1n) is 5.83. The van der Waals surface area contributed by atoms with Gasteiger partial charge in [0.2, 0.25) is 0 Å². The fourth-order valence-corrected chi connectivity index (χ4v) is 2.55. The Bertz CT molecular complexity index is 796. The van der Waals surface area contributed by atoms with Crippen molar-refractivity contribution in [1.29, 1.82) is 0 Å². The van der Waals surface area contributed by atoms with E-state index in [1.54, 1.807) is 24.3 Å². The molecule has 0 amide bonds. The Morgan fingerprint density at radius 3 is 2.10 bits per heavy atom. The number of nitrogen functional groups attached to an aromatic ring is 1. The molecular formula is C15H8ClNO3. The Kier molecular flexibility index (Phi) is 2.69. The number of benzene rings is 2. The molecule has 0 saturated carbocycles. The highest BCUT2D eigenvalue weighted by molar-refractivity contribution is 6.68. The molecule has 0 spiro atoms. The molecule has 0 aromatic heterocycles. The van der Waals surface area contributed by atoms with Crippen molar-refractivity contribution in [3.8, 4) is 0 Å². The van der Waals surface area contributed by atoms with E-state index in [-0.39, 0.29) is 39.5 Å². The van der Waals surface area contributed by atoms with E-state index in [1.807, 2.05) is 0 Å². The summed E-state index contributed by atoms with van der Waals surface area (Å²) < 4.78 is 0. The third kappa shape index (κ3) is 1.58. The van der Waals surface area contributed by atoms with Gasteiger partial charge in [0.25, 0.3) is 5.24 Å². The molecule has 0 bridgehead atoms. The number of fused-ring (bicyclic) bond motifs is 2. The van der Waals surface area contributed by atoms with Gasteiger partial charge in [0.1, 0.15) is 0 Å². The van der Waals surface area contributed by atoms with Crippen molar-refractivity contribution in [2.75, 3.05) is 5.73 Å². The van der Waals surface area contributed by atoms with Crippen molar-refractivity contribution in [1.82, 2.24) is 0 Å². The highest BCUT2D eigenvalue weighted by Gasteiger charge is 2.32. The van der Waals surface area contributed by atoms with Gasteiger partial charge in [0.05, 0.1) is 16.8 Å². The molecule has 5 heteroatoms. The summed E-state index contributed by atoms with van der Waals surface area (Å²) in [7, 11) is 0. The lowest BCUT2D eigenvalue weighted by Crippen LogP contribution is -2.23. The second-order valence-electron chi connectivity index (χ2n) is 4.43. The summed E-state index contributed by atoms with van der Waals surface area (Å²) in [5.74, 6) is -0.650. The Hall–Kier alpha value is -2.46. The van der Waals surface area contributed by atoms with Gasteiger partial charge in [-0.05, 0) is 23.7 Å². The molecule has 98 valence electrons. The Morgan fingerprint density at radius 2 is 1.50 bits per heavy atom.